The molecule has 0 aliphatic carbocycles. The molecule has 4 rings (SSSR count). The molecule has 1 N–H and O–H groups in total. The van der Waals surface area contributed by atoms with Gasteiger partial charge < -0.3 is 14.3 Å². The average Bonchev–Trinajstić information content (AvgIpc) is 3.25. The van der Waals surface area contributed by atoms with E-state index in [0.29, 0.717) is 29.0 Å². The third kappa shape index (κ3) is 3.39. The number of aromatic nitrogens is 5. The summed E-state index contributed by atoms with van der Waals surface area (Å²) in [4.78, 5) is 14.3. The monoisotopic (exact) mass is 368 g/mol. The van der Waals surface area contributed by atoms with Crippen molar-refractivity contribution in [3.05, 3.63) is 53.1 Å². The number of hydrogen-bond acceptors (Lipinski definition) is 6. The molecule has 0 saturated carbocycles. The van der Waals surface area contributed by atoms with Crippen LogP contribution < -0.4 is 4.90 Å². The molecule has 0 radical (unpaired) electrons. The van der Waals surface area contributed by atoms with Crippen LogP contribution in [0.1, 0.15) is 11.6 Å². The van der Waals surface area contributed by atoms with Crippen molar-refractivity contribution < 1.29 is 4.42 Å². The Morgan fingerprint density at radius 2 is 2.08 bits per heavy atom. The van der Waals surface area contributed by atoms with Crippen molar-refractivity contribution in [1.82, 2.24) is 25.1 Å². The molecule has 0 fully saturated rings. The van der Waals surface area contributed by atoms with Crippen LogP contribution in [0.15, 0.2) is 40.9 Å². The highest BCUT2D eigenvalue weighted by Gasteiger charge is 2.11. The number of nitrogens with one attached hydrogen (secondary N) is 1. The van der Waals surface area contributed by atoms with Gasteiger partial charge in [-0.2, -0.15) is 5.10 Å². The Kier molecular flexibility index (Phi) is 4.30. The number of anilines is 1. The number of furan rings is 1. The molecule has 8 heteroatoms. The fraction of sp³-hybridized carbons (Fsp3) is 0.222. The van der Waals surface area contributed by atoms with Gasteiger partial charge in [0.1, 0.15) is 17.3 Å². The molecule has 26 heavy (non-hydrogen) atoms. The van der Waals surface area contributed by atoms with E-state index < -0.39 is 0 Å². The quantitative estimate of drug-likeness (QED) is 0.579. The first-order valence-corrected chi connectivity index (χ1v) is 8.58. The van der Waals surface area contributed by atoms with E-state index in [4.69, 9.17) is 16.0 Å². The maximum atomic E-state index is 6.02. The summed E-state index contributed by atoms with van der Waals surface area (Å²) in [7, 11) is 1.92. The van der Waals surface area contributed by atoms with Gasteiger partial charge in [-0.15, -0.1) is 5.10 Å². The van der Waals surface area contributed by atoms with Crippen LogP contribution in [0.3, 0.4) is 0 Å². The van der Waals surface area contributed by atoms with E-state index in [2.05, 4.69) is 25.1 Å². The predicted molar refractivity (Wildman–Crippen MR) is 100 cm³/mol. The number of hydrogen-bond donors (Lipinski definition) is 1. The van der Waals surface area contributed by atoms with Crippen LogP contribution in [-0.4, -0.2) is 38.7 Å². The molecule has 0 unspecified atom stereocenters. The SMILES string of the molecule is Cc1ccc(-c2cnnc(N(C)CCc3nc4ccc(Cl)cc4[nH]3)n2)o1. The number of aromatic amines is 1. The van der Waals surface area contributed by atoms with Crippen LogP contribution in [0.25, 0.3) is 22.5 Å². The van der Waals surface area contributed by atoms with Crippen molar-refractivity contribution in [1.29, 1.82) is 0 Å². The lowest BCUT2D eigenvalue weighted by Crippen LogP contribution is -2.23. The number of benzene rings is 1. The number of H-pyrrole nitrogens is 1. The number of likely N-dealkylation sites (N-methyl/N-ethyl adjacent to an activating group) is 1. The molecule has 3 heterocycles. The number of halogens is 1. The second-order valence-corrected chi connectivity index (χ2v) is 6.50. The molecule has 132 valence electrons. The second kappa shape index (κ2) is 6.76. The average molecular weight is 369 g/mol. The number of aryl methyl sites for hydroxylation is 1. The first-order chi connectivity index (χ1) is 12.6. The fourth-order valence-corrected chi connectivity index (χ4v) is 2.85. The van der Waals surface area contributed by atoms with E-state index in [1.807, 2.05) is 49.2 Å². The minimum absolute atomic E-state index is 0.538. The zero-order valence-electron chi connectivity index (χ0n) is 14.4. The van der Waals surface area contributed by atoms with Crippen LogP contribution in [0.4, 0.5) is 5.95 Å². The summed E-state index contributed by atoms with van der Waals surface area (Å²) in [6, 6.07) is 9.39. The zero-order valence-corrected chi connectivity index (χ0v) is 15.2. The molecule has 0 atom stereocenters. The predicted octanol–water partition coefficient (Wildman–Crippen LogP) is 3.65. The summed E-state index contributed by atoms with van der Waals surface area (Å²) in [5.74, 6) is 2.94. The lowest BCUT2D eigenvalue weighted by atomic mass is 10.3. The van der Waals surface area contributed by atoms with Crippen LogP contribution >= 0.6 is 11.6 Å². The molecule has 3 aromatic heterocycles. The Hall–Kier alpha value is -2.93. The number of imidazole rings is 1. The van der Waals surface area contributed by atoms with Gasteiger partial charge in [0.15, 0.2) is 5.76 Å². The van der Waals surface area contributed by atoms with Crippen molar-refractivity contribution in [2.24, 2.45) is 0 Å². The van der Waals surface area contributed by atoms with Gasteiger partial charge in [-0.1, -0.05) is 11.6 Å². The minimum atomic E-state index is 0.538. The minimum Gasteiger partial charge on any atom is -0.460 e. The summed E-state index contributed by atoms with van der Waals surface area (Å²) in [5, 5.41) is 8.84. The first-order valence-electron chi connectivity index (χ1n) is 8.20. The number of rotatable bonds is 5. The molecule has 0 aliphatic heterocycles. The molecule has 0 spiro atoms. The summed E-state index contributed by atoms with van der Waals surface area (Å²) in [5.41, 5.74) is 2.50. The van der Waals surface area contributed by atoms with Crippen LogP contribution in [0, 0.1) is 6.92 Å². The molecule has 0 bridgehead atoms. The Morgan fingerprint density at radius 3 is 2.88 bits per heavy atom. The van der Waals surface area contributed by atoms with Crippen LogP contribution in [0.2, 0.25) is 5.02 Å². The molecule has 7 nitrogen and oxygen atoms in total. The highest BCUT2D eigenvalue weighted by molar-refractivity contribution is 6.31. The standard InChI is InChI=1S/C18H17ClN6O/c1-11-3-6-16(26-11)15-10-20-24-18(23-15)25(2)8-7-17-21-13-5-4-12(19)9-14(13)22-17/h3-6,9-10H,7-8H2,1-2H3,(H,21,22). The molecule has 1 aromatic carbocycles. The number of fused-ring (bicyclic) bond motifs is 1. The maximum absolute atomic E-state index is 6.02. The van der Waals surface area contributed by atoms with Gasteiger partial charge in [0.05, 0.1) is 17.2 Å². The third-order valence-electron chi connectivity index (χ3n) is 4.06. The van der Waals surface area contributed by atoms with Gasteiger partial charge in [-0.3, -0.25) is 0 Å². The van der Waals surface area contributed by atoms with E-state index in [1.165, 1.54) is 0 Å². The van der Waals surface area contributed by atoms with Gasteiger partial charge in [0, 0.05) is 25.0 Å². The maximum Gasteiger partial charge on any atom is 0.245 e. The van der Waals surface area contributed by atoms with E-state index in [1.54, 1.807) is 6.20 Å². The molecule has 0 amide bonds. The number of nitrogens with zero attached hydrogens (tertiary/aromatic N) is 5. The lowest BCUT2D eigenvalue weighted by Gasteiger charge is -2.15. The third-order valence-corrected chi connectivity index (χ3v) is 4.29. The topological polar surface area (TPSA) is 83.7 Å². The van der Waals surface area contributed by atoms with Crippen LogP contribution in [-0.2, 0) is 6.42 Å². The smallest absolute Gasteiger partial charge is 0.245 e. The van der Waals surface area contributed by atoms with Gasteiger partial charge in [-0.25, -0.2) is 9.97 Å². The summed E-state index contributed by atoms with van der Waals surface area (Å²) < 4.78 is 5.60. The van der Waals surface area contributed by atoms with Crippen molar-refractivity contribution in [2.45, 2.75) is 13.3 Å². The first kappa shape index (κ1) is 16.5. The zero-order chi connectivity index (χ0) is 18.1. The van der Waals surface area contributed by atoms with Crippen molar-refractivity contribution in [3.63, 3.8) is 0 Å². The van der Waals surface area contributed by atoms with Crippen molar-refractivity contribution in [2.75, 3.05) is 18.5 Å². The summed E-state index contributed by atoms with van der Waals surface area (Å²) in [6.45, 7) is 2.58. The van der Waals surface area contributed by atoms with Crippen molar-refractivity contribution >= 4 is 28.6 Å². The normalized spacial score (nSPS) is 11.2. The molecular weight excluding hydrogens is 352 g/mol. The molecular formula is C18H17ClN6O. The Bertz CT molecular complexity index is 1060. The lowest BCUT2D eigenvalue weighted by molar-refractivity contribution is 0.545. The van der Waals surface area contributed by atoms with Gasteiger partial charge in [0.25, 0.3) is 0 Å². The van der Waals surface area contributed by atoms with Gasteiger partial charge in [-0.05, 0) is 37.3 Å². The Balaban J connectivity index is 1.48. The van der Waals surface area contributed by atoms with E-state index >= 15 is 0 Å². The molecule has 0 saturated heterocycles. The van der Waals surface area contributed by atoms with Crippen LogP contribution in [0.5, 0.6) is 0 Å². The van der Waals surface area contributed by atoms with Gasteiger partial charge >= 0.3 is 0 Å². The highest BCUT2D eigenvalue weighted by Crippen LogP contribution is 2.21. The Morgan fingerprint density at radius 1 is 1.19 bits per heavy atom. The second-order valence-electron chi connectivity index (χ2n) is 6.07. The summed E-state index contributed by atoms with van der Waals surface area (Å²) in [6.07, 6.45) is 2.31. The fourth-order valence-electron chi connectivity index (χ4n) is 2.67. The van der Waals surface area contributed by atoms with E-state index in [-0.39, 0.29) is 0 Å². The largest absolute Gasteiger partial charge is 0.460 e. The Labute approximate surface area is 155 Å². The molecule has 0 aliphatic rings. The van der Waals surface area contributed by atoms with Gasteiger partial charge in [0.2, 0.25) is 5.95 Å². The van der Waals surface area contributed by atoms with E-state index in [9.17, 15) is 0 Å². The van der Waals surface area contributed by atoms with E-state index in [0.717, 1.165) is 29.0 Å². The van der Waals surface area contributed by atoms with Crippen molar-refractivity contribution in [3.8, 4) is 11.5 Å². The summed E-state index contributed by atoms with van der Waals surface area (Å²) >= 11 is 6.02. The highest BCUT2D eigenvalue weighted by atomic mass is 35.5. The molecule has 4 aromatic rings.